The van der Waals surface area contributed by atoms with Crippen LogP contribution >= 0.6 is 0 Å². The normalized spacial score (nSPS) is 10.5. The van der Waals surface area contributed by atoms with E-state index in [4.69, 9.17) is 9.97 Å². The van der Waals surface area contributed by atoms with Crippen LogP contribution in [0.3, 0.4) is 0 Å². The summed E-state index contributed by atoms with van der Waals surface area (Å²) < 4.78 is 1.99. The molecule has 2 aromatic carbocycles. The number of benzene rings is 2. The quantitative estimate of drug-likeness (QED) is 0.235. The van der Waals surface area contributed by atoms with Crippen molar-refractivity contribution in [2.45, 2.75) is 13.8 Å². The van der Waals surface area contributed by atoms with Crippen molar-refractivity contribution in [3.05, 3.63) is 90.3 Å². The molecule has 9 heteroatoms. The molecule has 0 saturated carbocycles. The van der Waals surface area contributed by atoms with E-state index < -0.39 is 0 Å². The lowest BCUT2D eigenvalue weighted by Crippen LogP contribution is -2.29. The number of carbonyl (C=O) groups is 2. The number of carbonyl (C=O) groups excluding carboxylic acids is 2. The number of rotatable bonds is 11. The van der Waals surface area contributed by atoms with Gasteiger partial charge >= 0.3 is 0 Å². The van der Waals surface area contributed by atoms with Crippen molar-refractivity contribution >= 4 is 23.5 Å². The smallest absolute Gasteiger partial charge is 0.251 e. The Morgan fingerprint density at radius 2 is 1.35 bits per heavy atom. The summed E-state index contributed by atoms with van der Waals surface area (Å²) in [5.41, 5.74) is 3.35. The number of aromatic nitrogens is 3. The van der Waals surface area contributed by atoms with Crippen molar-refractivity contribution in [2.75, 3.05) is 36.8 Å². The zero-order valence-corrected chi connectivity index (χ0v) is 21.0. The van der Waals surface area contributed by atoms with Gasteiger partial charge in [0, 0.05) is 67.9 Å². The SMILES string of the molecule is CC(=O)NCCNc1nc(-c2ccccc2)nc(NCCNC(=O)c2ccc(-n3cccc3)cc2)c1C. The molecule has 0 atom stereocenters. The summed E-state index contributed by atoms with van der Waals surface area (Å²) in [6.45, 7) is 5.36. The molecular formula is C28H31N7O2. The summed E-state index contributed by atoms with van der Waals surface area (Å²) in [5, 5.41) is 12.3. The number of nitrogens with zero attached hydrogens (tertiary/aromatic N) is 3. The largest absolute Gasteiger partial charge is 0.368 e. The summed E-state index contributed by atoms with van der Waals surface area (Å²) in [6.07, 6.45) is 3.92. The minimum atomic E-state index is -0.134. The van der Waals surface area contributed by atoms with E-state index in [1.165, 1.54) is 6.92 Å². The lowest BCUT2D eigenvalue weighted by Gasteiger charge is -2.16. The molecule has 4 aromatic rings. The van der Waals surface area contributed by atoms with Gasteiger partial charge in [-0.3, -0.25) is 9.59 Å². The van der Waals surface area contributed by atoms with E-state index in [1.807, 2.05) is 90.6 Å². The van der Waals surface area contributed by atoms with Crippen LogP contribution < -0.4 is 21.3 Å². The van der Waals surface area contributed by atoms with Gasteiger partial charge in [-0.2, -0.15) is 0 Å². The van der Waals surface area contributed by atoms with Gasteiger partial charge in [0.05, 0.1) is 0 Å². The highest BCUT2D eigenvalue weighted by atomic mass is 16.2. The Labute approximate surface area is 216 Å². The van der Waals surface area contributed by atoms with E-state index in [0.717, 1.165) is 16.8 Å². The maximum absolute atomic E-state index is 12.6. The minimum absolute atomic E-state index is 0.0765. The van der Waals surface area contributed by atoms with E-state index >= 15 is 0 Å². The van der Waals surface area contributed by atoms with Crippen LogP contribution in [0.15, 0.2) is 79.1 Å². The predicted octanol–water partition coefficient (Wildman–Crippen LogP) is 3.63. The van der Waals surface area contributed by atoms with Crippen LogP contribution in [-0.2, 0) is 4.79 Å². The minimum Gasteiger partial charge on any atom is -0.368 e. The van der Waals surface area contributed by atoms with Gasteiger partial charge < -0.3 is 25.8 Å². The Morgan fingerprint density at radius 1 is 0.757 bits per heavy atom. The van der Waals surface area contributed by atoms with Crippen molar-refractivity contribution in [2.24, 2.45) is 0 Å². The molecule has 0 radical (unpaired) electrons. The molecule has 2 heterocycles. The number of hydrogen-bond donors (Lipinski definition) is 4. The van der Waals surface area contributed by atoms with E-state index in [2.05, 4.69) is 21.3 Å². The van der Waals surface area contributed by atoms with Crippen molar-refractivity contribution in [3.63, 3.8) is 0 Å². The van der Waals surface area contributed by atoms with Gasteiger partial charge in [0.1, 0.15) is 11.6 Å². The molecule has 2 amide bonds. The Bertz CT molecular complexity index is 1320. The first-order valence-electron chi connectivity index (χ1n) is 12.2. The van der Waals surface area contributed by atoms with E-state index in [-0.39, 0.29) is 11.8 Å². The molecule has 0 aliphatic heterocycles. The molecule has 9 nitrogen and oxygen atoms in total. The lowest BCUT2D eigenvalue weighted by molar-refractivity contribution is -0.118. The molecule has 0 fully saturated rings. The van der Waals surface area contributed by atoms with Crippen LogP contribution in [0.5, 0.6) is 0 Å². The Morgan fingerprint density at radius 3 is 1.95 bits per heavy atom. The van der Waals surface area contributed by atoms with Crippen molar-refractivity contribution in [1.82, 2.24) is 25.2 Å². The van der Waals surface area contributed by atoms with Gasteiger partial charge in [0.2, 0.25) is 5.91 Å². The molecular weight excluding hydrogens is 466 g/mol. The first-order chi connectivity index (χ1) is 18.0. The van der Waals surface area contributed by atoms with Gasteiger partial charge in [-0.1, -0.05) is 30.3 Å². The monoisotopic (exact) mass is 497 g/mol. The molecule has 190 valence electrons. The molecule has 4 rings (SSSR count). The van der Waals surface area contributed by atoms with Crippen molar-refractivity contribution in [1.29, 1.82) is 0 Å². The molecule has 0 spiro atoms. The molecule has 4 N–H and O–H groups in total. The highest BCUT2D eigenvalue weighted by molar-refractivity contribution is 5.94. The maximum atomic E-state index is 12.6. The average Bonchev–Trinajstić information content (AvgIpc) is 3.46. The predicted molar refractivity (Wildman–Crippen MR) is 146 cm³/mol. The fourth-order valence-corrected chi connectivity index (χ4v) is 3.75. The van der Waals surface area contributed by atoms with E-state index in [9.17, 15) is 9.59 Å². The highest BCUT2D eigenvalue weighted by Gasteiger charge is 2.13. The van der Waals surface area contributed by atoms with Crippen LogP contribution in [0.1, 0.15) is 22.8 Å². The van der Waals surface area contributed by atoms with Gasteiger partial charge in [-0.05, 0) is 43.3 Å². The lowest BCUT2D eigenvalue weighted by atomic mass is 10.2. The first-order valence-corrected chi connectivity index (χ1v) is 12.2. The van der Waals surface area contributed by atoms with Crippen LogP contribution in [0.2, 0.25) is 0 Å². The third kappa shape index (κ3) is 6.94. The van der Waals surface area contributed by atoms with Crippen LogP contribution in [0.4, 0.5) is 11.6 Å². The second-order valence-corrected chi connectivity index (χ2v) is 8.47. The summed E-state index contributed by atoms with van der Waals surface area (Å²) in [7, 11) is 0. The topological polar surface area (TPSA) is 113 Å². The number of nitrogens with one attached hydrogen (secondary N) is 4. The molecule has 0 aliphatic carbocycles. The Hall–Kier alpha value is -4.66. The molecule has 0 saturated heterocycles. The number of amides is 2. The Kier molecular flexibility index (Phi) is 8.49. The van der Waals surface area contributed by atoms with Crippen LogP contribution in [-0.4, -0.2) is 52.5 Å². The second kappa shape index (κ2) is 12.3. The fourth-order valence-electron chi connectivity index (χ4n) is 3.75. The zero-order valence-electron chi connectivity index (χ0n) is 21.0. The van der Waals surface area contributed by atoms with Gasteiger partial charge in [0.15, 0.2) is 5.82 Å². The van der Waals surface area contributed by atoms with Gasteiger partial charge in [-0.15, -0.1) is 0 Å². The fraction of sp³-hybridized carbons (Fsp3) is 0.214. The first kappa shape index (κ1) is 25.4. The molecule has 37 heavy (non-hydrogen) atoms. The molecule has 0 bridgehead atoms. The maximum Gasteiger partial charge on any atom is 0.251 e. The van der Waals surface area contributed by atoms with Gasteiger partial charge in [-0.25, -0.2) is 9.97 Å². The van der Waals surface area contributed by atoms with E-state index in [1.54, 1.807) is 0 Å². The molecule has 2 aromatic heterocycles. The third-order valence-electron chi connectivity index (χ3n) is 5.70. The second-order valence-electron chi connectivity index (χ2n) is 8.47. The van der Waals surface area contributed by atoms with E-state index in [0.29, 0.717) is 49.2 Å². The summed E-state index contributed by atoms with van der Waals surface area (Å²) >= 11 is 0. The third-order valence-corrected chi connectivity index (χ3v) is 5.70. The standard InChI is InChI=1S/C28H31N7O2/c1-20-25(30-15-14-29-21(2)36)33-27(22-8-4-3-5-9-22)34-26(20)31-16-17-32-28(37)23-10-12-24(13-11-23)35-18-6-7-19-35/h3-13,18-19H,14-17H2,1-2H3,(H,29,36)(H,32,37)(H2,30,31,33,34). The number of anilines is 2. The number of hydrogen-bond acceptors (Lipinski definition) is 6. The van der Waals surface area contributed by atoms with Crippen LogP contribution in [0, 0.1) is 6.92 Å². The zero-order chi connectivity index (χ0) is 26.0. The summed E-state index contributed by atoms with van der Waals surface area (Å²) in [5.74, 6) is 1.75. The Balaban J connectivity index is 1.38. The highest BCUT2D eigenvalue weighted by Crippen LogP contribution is 2.25. The van der Waals surface area contributed by atoms with Crippen molar-refractivity contribution in [3.8, 4) is 17.1 Å². The van der Waals surface area contributed by atoms with Crippen molar-refractivity contribution < 1.29 is 9.59 Å². The van der Waals surface area contributed by atoms with Crippen LogP contribution in [0.25, 0.3) is 17.1 Å². The summed E-state index contributed by atoms with van der Waals surface area (Å²) in [6, 6.07) is 21.1. The summed E-state index contributed by atoms with van der Waals surface area (Å²) in [4.78, 5) is 33.2. The van der Waals surface area contributed by atoms with Gasteiger partial charge in [0.25, 0.3) is 5.91 Å². The average molecular weight is 498 g/mol. The molecule has 0 unspecified atom stereocenters. The molecule has 0 aliphatic rings.